The van der Waals surface area contributed by atoms with Gasteiger partial charge in [0.25, 0.3) is 0 Å². The number of rotatable bonds is 1. The third kappa shape index (κ3) is 2.11. The Kier molecular flexibility index (Phi) is 2.92. The molecule has 0 aromatic carbocycles. The van der Waals surface area contributed by atoms with E-state index >= 15 is 0 Å². The zero-order chi connectivity index (χ0) is 11.8. The largest absolute Gasteiger partial charge is 0.352 e. The topological polar surface area (TPSA) is 16.1 Å². The van der Waals surface area contributed by atoms with E-state index in [9.17, 15) is 0 Å². The van der Waals surface area contributed by atoms with Crippen molar-refractivity contribution in [2.45, 2.75) is 19.9 Å². The lowest BCUT2D eigenvalue weighted by molar-refractivity contribution is 0.730. The van der Waals surface area contributed by atoms with Gasteiger partial charge in [0.1, 0.15) is 5.82 Å². The molecule has 3 rings (SSSR count). The molecule has 0 aliphatic carbocycles. The molecule has 0 saturated carbocycles. The van der Waals surface area contributed by atoms with Crippen LogP contribution in [0.4, 0.5) is 5.82 Å². The summed E-state index contributed by atoms with van der Waals surface area (Å²) in [6.45, 7) is 4.10. The molecule has 17 heavy (non-hydrogen) atoms. The molecule has 0 N–H and O–H groups in total. The van der Waals surface area contributed by atoms with Crippen LogP contribution in [0.3, 0.4) is 0 Å². The second kappa shape index (κ2) is 4.42. The van der Waals surface area contributed by atoms with Crippen molar-refractivity contribution < 1.29 is 0 Å². The molecule has 2 aromatic rings. The van der Waals surface area contributed by atoms with E-state index in [1.54, 1.807) is 0 Å². The molecule has 1 aliphatic heterocycles. The molecule has 88 valence electrons. The number of aromatic nitrogens is 1. The molecular formula is C13H13BrN2S. The Balaban J connectivity index is 1.89. The average Bonchev–Trinajstić information content (AvgIpc) is 2.79. The molecular weight excluding hydrogens is 296 g/mol. The van der Waals surface area contributed by atoms with E-state index < -0.39 is 0 Å². The van der Waals surface area contributed by atoms with Crippen LogP contribution in [-0.4, -0.2) is 11.5 Å². The van der Waals surface area contributed by atoms with Gasteiger partial charge < -0.3 is 4.90 Å². The minimum Gasteiger partial charge on any atom is -0.352 e. The van der Waals surface area contributed by atoms with E-state index in [-0.39, 0.29) is 0 Å². The first-order valence-electron chi connectivity index (χ1n) is 5.67. The smallest absolute Gasteiger partial charge is 0.129 e. The Morgan fingerprint density at radius 3 is 3.06 bits per heavy atom. The molecule has 4 heteroatoms. The fourth-order valence-electron chi connectivity index (χ4n) is 2.15. The predicted octanol–water partition coefficient (Wildman–Crippen LogP) is 3.78. The van der Waals surface area contributed by atoms with Crippen LogP contribution >= 0.6 is 27.3 Å². The van der Waals surface area contributed by atoms with Crippen molar-refractivity contribution in [2.24, 2.45) is 0 Å². The summed E-state index contributed by atoms with van der Waals surface area (Å²) in [5, 5.41) is 2.19. The van der Waals surface area contributed by atoms with Gasteiger partial charge in [-0.3, -0.25) is 0 Å². The lowest BCUT2D eigenvalue weighted by atomic mass is 10.1. The zero-order valence-electron chi connectivity index (χ0n) is 9.61. The van der Waals surface area contributed by atoms with E-state index in [4.69, 9.17) is 0 Å². The monoisotopic (exact) mass is 308 g/mol. The summed E-state index contributed by atoms with van der Waals surface area (Å²) in [5.41, 5.74) is 2.52. The number of halogens is 1. The maximum Gasteiger partial charge on any atom is 0.129 e. The summed E-state index contributed by atoms with van der Waals surface area (Å²) in [5.74, 6) is 1.09. The van der Waals surface area contributed by atoms with Crippen molar-refractivity contribution in [1.82, 2.24) is 4.98 Å². The molecule has 0 atom stereocenters. The van der Waals surface area contributed by atoms with Gasteiger partial charge in [0.05, 0.1) is 5.69 Å². The molecule has 2 aromatic heterocycles. The predicted molar refractivity (Wildman–Crippen MR) is 75.7 cm³/mol. The number of hydrogen-bond donors (Lipinski definition) is 0. The number of fused-ring (bicyclic) bond motifs is 1. The Hall–Kier alpha value is -0.870. The highest BCUT2D eigenvalue weighted by Crippen LogP contribution is 2.27. The molecule has 0 spiro atoms. The van der Waals surface area contributed by atoms with Crippen LogP contribution in [0.25, 0.3) is 0 Å². The molecule has 0 unspecified atom stereocenters. The van der Waals surface area contributed by atoms with Crippen LogP contribution in [0.5, 0.6) is 0 Å². The summed E-state index contributed by atoms with van der Waals surface area (Å²) >= 11 is 5.37. The van der Waals surface area contributed by atoms with Gasteiger partial charge in [-0.1, -0.05) is 0 Å². The summed E-state index contributed by atoms with van der Waals surface area (Å²) in [7, 11) is 0. The zero-order valence-corrected chi connectivity index (χ0v) is 12.0. The van der Waals surface area contributed by atoms with Gasteiger partial charge in [0, 0.05) is 22.4 Å². The fourth-order valence-corrected chi connectivity index (χ4v) is 3.26. The minimum absolute atomic E-state index is 0.993. The van der Waals surface area contributed by atoms with Crippen molar-refractivity contribution >= 4 is 33.1 Å². The van der Waals surface area contributed by atoms with Crippen molar-refractivity contribution in [3.8, 4) is 0 Å². The molecule has 0 radical (unpaired) electrons. The van der Waals surface area contributed by atoms with E-state index in [2.05, 4.69) is 49.4 Å². The van der Waals surface area contributed by atoms with Crippen LogP contribution in [0.2, 0.25) is 0 Å². The van der Waals surface area contributed by atoms with Gasteiger partial charge in [-0.2, -0.15) is 0 Å². The second-order valence-corrected chi connectivity index (χ2v) is 6.13. The Morgan fingerprint density at radius 2 is 2.24 bits per heavy atom. The van der Waals surface area contributed by atoms with Gasteiger partial charge in [-0.15, -0.1) is 11.3 Å². The highest BCUT2D eigenvalue weighted by atomic mass is 79.9. The molecule has 0 amide bonds. The summed E-state index contributed by atoms with van der Waals surface area (Å²) < 4.78 is 1.08. The first kappa shape index (κ1) is 11.2. The minimum atomic E-state index is 0.993. The molecule has 0 fully saturated rings. The number of hydrogen-bond acceptors (Lipinski definition) is 3. The third-order valence-electron chi connectivity index (χ3n) is 3.14. The van der Waals surface area contributed by atoms with Crippen LogP contribution in [-0.2, 0) is 13.0 Å². The van der Waals surface area contributed by atoms with Gasteiger partial charge in [0.15, 0.2) is 0 Å². The third-order valence-corrected chi connectivity index (χ3v) is 5.00. The Bertz CT molecular complexity index is 550. The number of thiophene rings is 1. The lowest BCUT2D eigenvalue weighted by Crippen LogP contribution is -2.30. The number of nitrogens with zero attached hydrogens (tertiary/aromatic N) is 2. The lowest BCUT2D eigenvalue weighted by Gasteiger charge is -2.28. The Labute approximate surface area is 113 Å². The summed E-state index contributed by atoms with van der Waals surface area (Å²) in [4.78, 5) is 8.53. The number of pyridine rings is 1. The van der Waals surface area contributed by atoms with Crippen molar-refractivity contribution in [3.63, 3.8) is 0 Å². The summed E-state index contributed by atoms with van der Waals surface area (Å²) in [6.07, 6.45) is 1.14. The molecule has 0 bridgehead atoms. The first-order chi connectivity index (χ1) is 8.24. The fraction of sp³-hybridized carbons (Fsp3) is 0.308. The van der Waals surface area contributed by atoms with Gasteiger partial charge in [-0.25, -0.2) is 4.98 Å². The van der Waals surface area contributed by atoms with E-state index in [0.29, 0.717) is 0 Å². The molecule has 1 aliphatic rings. The van der Waals surface area contributed by atoms with Crippen molar-refractivity contribution in [2.75, 3.05) is 11.4 Å². The standard InChI is InChI=1S/C13H13BrN2S/c1-9-11(14)2-3-13(15-9)16-6-4-12-10(8-16)5-7-17-12/h2-3,5,7H,4,6,8H2,1H3. The van der Waals surface area contributed by atoms with Gasteiger partial charge in [-0.05, 0) is 58.4 Å². The van der Waals surface area contributed by atoms with Crippen LogP contribution in [0.15, 0.2) is 28.1 Å². The highest BCUT2D eigenvalue weighted by Gasteiger charge is 2.18. The van der Waals surface area contributed by atoms with E-state index in [0.717, 1.165) is 35.5 Å². The second-order valence-electron chi connectivity index (χ2n) is 4.28. The maximum absolute atomic E-state index is 4.64. The molecule has 2 nitrogen and oxygen atoms in total. The number of anilines is 1. The van der Waals surface area contributed by atoms with Crippen LogP contribution in [0, 0.1) is 6.92 Å². The number of aryl methyl sites for hydroxylation is 1. The highest BCUT2D eigenvalue weighted by molar-refractivity contribution is 9.10. The van der Waals surface area contributed by atoms with Gasteiger partial charge in [0.2, 0.25) is 0 Å². The molecule has 0 saturated heterocycles. The van der Waals surface area contributed by atoms with Crippen molar-refractivity contribution in [3.05, 3.63) is 44.2 Å². The van der Waals surface area contributed by atoms with E-state index in [1.165, 1.54) is 10.4 Å². The van der Waals surface area contributed by atoms with Crippen LogP contribution < -0.4 is 4.90 Å². The maximum atomic E-state index is 4.64. The first-order valence-corrected chi connectivity index (χ1v) is 7.34. The van der Waals surface area contributed by atoms with Crippen molar-refractivity contribution in [1.29, 1.82) is 0 Å². The average molecular weight is 309 g/mol. The van der Waals surface area contributed by atoms with Gasteiger partial charge >= 0.3 is 0 Å². The molecule has 3 heterocycles. The van der Waals surface area contributed by atoms with E-state index in [1.807, 2.05) is 18.3 Å². The quantitative estimate of drug-likeness (QED) is 0.797. The normalized spacial score (nSPS) is 14.8. The van der Waals surface area contributed by atoms with Crippen LogP contribution in [0.1, 0.15) is 16.1 Å². The SMILES string of the molecule is Cc1nc(N2CCc3sccc3C2)ccc1Br. The summed E-state index contributed by atoms with van der Waals surface area (Å²) in [6, 6.07) is 6.41. The Morgan fingerprint density at radius 1 is 1.35 bits per heavy atom.